The topological polar surface area (TPSA) is 80.5 Å². The summed E-state index contributed by atoms with van der Waals surface area (Å²) in [5.41, 5.74) is 1.53. The van der Waals surface area contributed by atoms with Gasteiger partial charge in [0.15, 0.2) is 0 Å². The number of nitro benzene ring substituents is 1. The average Bonchev–Trinajstić information content (AvgIpc) is 3.31. The summed E-state index contributed by atoms with van der Waals surface area (Å²) in [4.78, 5) is 35.6. The Morgan fingerprint density at radius 3 is 2.48 bits per heavy atom. The van der Waals surface area contributed by atoms with Crippen LogP contribution in [0.15, 0.2) is 42.5 Å². The number of benzene rings is 2. The Labute approximate surface area is 180 Å². The Balaban J connectivity index is 0.000000224. The molecule has 9 heteroatoms. The minimum atomic E-state index is -0.417. The van der Waals surface area contributed by atoms with E-state index in [1.807, 2.05) is 25.1 Å². The Morgan fingerprint density at radius 2 is 2.00 bits per heavy atom. The molecule has 0 fully saturated rings. The van der Waals surface area contributed by atoms with Crippen LogP contribution in [0.3, 0.4) is 0 Å². The zero-order valence-electron chi connectivity index (χ0n) is 15.3. The molecule has 0 saturated carbocycles. The molecule has 1 atom stereocenters. The second kappa shape index (κ2) is 8.90. The van der Waals surface area contributed by atoms with Crippen LogP contribution < -0.4 is 4.90 Å². The lowest BCUT2D eigenvalue weighted by Crippen LogP contribution is -2.19. The van der Waals surface area contributed by atoms with Crippen molar-refractivity contribution in [2.75, 3.05) is 17.3 Å². The van der Waals surface area contributed by atoms with Gasteiger partial charge in [0.05, 0.1) is 20.9 Å². The first-order chi connectivity index (χ1) is 13.9. The third kappa shape index (κ3) is 4.27. The predicted octanol–water partition coefficient (Wildman–Crippen LogP) is 5.48. The van der Waals surface area contributed by atoms with Crippen molar-refractivity contribution in [3.8, 4) is 0 Å². The van der Waals surface area contributed by atoms with E-state index in [9.17, 15) is 19.7 Å². The molecule has 0 aliphatic carbocycles. The smallest absolute Gasteiger partial charge is 0.279 e. The van der Waals surface area contributed by atoms with E-state index in [-0.39, 0.29) is 16.8 Å². The number of thiophene rings is 1. The first-order valence-electron chi connectivity index (χ1n) is 8.61. The summed E-state index contributed by atoms with van der Waals surface area (Å²) < 4.78 is 0. The van der Waals surface area contributed by atoms with Crippen molar-refractivity contribution in [1.82, 2.24) is 0 Å². The number of anilines is 1. The van der Waals surface area contributed by atoms with E-state index in [0.717, 1.165) is 15.8 Å². The Bertz CT molecular complexity index is 1100. The first-order valence-corrected chi connectivity index (χ1v) is 10.3. The van der Waals surface area contributed by atoms with E-state index in [0.29, 0.717) is 34.8 Å². The number of amides is 1. The molecule has 2 heterocycles. The number of nitrogens with zero attached hydrogens (tertiary/aromatic N) is 2. The summed E-state index contributed by atoms with van der Waals surface area (Å²) in [6.07, 6.45) is 0.698. The van der Waals surface area contributed by atoms with Crippen molar-refractivity contribution in [3.63, 3.8) is 0 Å². The highest BCUT2D eigenvalue weighted by Crippen LogP contribution is 2.44. The van der Waals surface area contributed by atoms with Crippen LogP contribution in [0.1, 0.15) is 26.0 Å². The highest BCUT2D eigenvalue weighted by atomic mass is 35.5. The summed E-state index contributed by atoms with van der Waals surface area (Å²) in [5, 5.41) is 12.2. The van der Waals surface area contributed by atoms with Crippen LogP contribution >= 0.6 is 34.5 Å². The fraction of sp³-hybridized carbons (Fsp3) is 0.200. The zero-order chi connectivity index (χ0) is 21.1. The number of rotatable bonds is 4. The van der Waals surface area contributed by atoms with E-state index < -0.39 is 4.92 Å². The fourth-order valence-electron chi connectivity index (χ4n) is 3.38. The van der Waals surface area contributed by atoms with Crippen molar-refractivity contribution >= 4 is 68.3 Å². The number of hydrogen-bond acceptors (Lipinski definition) is 5. The predicted molar refractivity (Wildman–Crippen MR) is 117 cm³/mol. The molecule has 3 aromatic rings. The highest BCUT2D eigenvalue weighted by molar-refractivity contribution is 7.15. The summed E-state index contributed by atoms with van der Waals surface area (Å²) in [6.45, 7) is 2.40. The van der Waals surface area contributed by atoms with Crippen LogP contribution in [-0.4, -0.2) is 29.0 Å². The number of nitro groups is 1. The van der Waals surface area contributed by atoms with E-state index in [4.69, 9.17) is 23.2 Å². The molecule has 6 nitrogen and oxygen atoms in total. The largest absolute Gasteiger partial charge is 0.314 e. The van der Waals surface area contributed by atoms with Crippen molar-refractivity contribution < 1.29 is 14.5 Å². The third-order valence-electron chi connectivity index (χ3n) is 4.62. The highest BCUT2D eigenvalue weighted by Gasteiger charge is 2.32. The van der Waals surface area contributed by atoms with Gasteiger partial charge in [0.1, 0.15) is 0 Å². The van der Waals surface area contributed by atoms with Gasteiger partial charge in [-0.25, -0.2) is 0 Å². The summed E-state index contributed by atoms with van der Waals surface area (Å²) in [5.74, 6) is 0.377. The zero-order valence-corrected chi connectivity index (χ0v) is 17.6. The lowest BCUT2D eigenvalue weighted by atomic mass is 9.95. The van der Waals surface area contributed by atoms with Crippen LogP contribution in [0.2, 0.25) is 0 Å². The Morgan fingerprint density at radius 1 is 1.31 bits per heavy atom. The van der Waals surface area contributed by atoms with Gasteiger partial charge in [0, 0.05) is 29.3 Å². The maximum absolute atomic E-state index is 11.2. The minimum absolute atomic E-state index is 0.00238. The number of aryl methyl sites for hydroxylation is 1. The molecule has 0 saturated heterocycles. The van der Waals surface area contributed by atoms with Gasteiger partial charge in [0.25, 0.3) is 10.9 Å². The van der Waals surface area contributed by atoms with Gasteiger partial charge in [-0.1, -0.05) is 18.2 Å². The van der Waals surface area contributed by atoms with Gasteiger partial charge in [-0.05, 0) is 47.7 Å². The van der Waals surface area contributed by atoms with Gasteiger partial charge in [-0.3, -0.25) is 19.7 Å². The second-order valence-corrected chi connectivity index (χ2v) is 8.36. The van der Waals surface area contributed by atoms with Crippen LogP contribution in [0.25, 0.3) is 10.8 Å². The van der Waals surface area contributed by atoms with Gasteiger partial charge < -0.3 is 4.90 Å². The molecule has 150 valence electrons. The number of non-ortho nitro benzene ring substituents is 1. The van der Waals surface area contributed by atoms with Gasteiger partial charge in [0.2, 0.25) is 6.41 Å². The molecule has 29 heavy (non-hydrogen) atoms. The molecule has 1 aromatic heterocycles. The van der Waals surface area contributed by atoms with Gasteiger partial charge in [-0.15, -0.1) is 22.9 Å². The van der Waals surface area contributed by atoms with Crippen molar-refractivity contribution in [2.45, 2.75) is 12.8 Å². The van der Waals surface area contributed by atoms with Gasteiger partial charge >= 0.3 is 0 Å². The van der Waals surface area contributed by atoms with Crippen LogP contribution in [0, 0.1) is 17.0 Å². The molecule has 2 aromatic carbocycles. The third-order valence-corrected chi connectivity index (χ3v) is 6.31. The summed E-state index contributed by atoms with van der Waals surface area (Å²) >= 11 is 12.6. The van der Waals surface area contributed by atoms with Crippen molar-refractivity contribution in [1.29, 1.82) is 0 Å². The van der Waals surface area contributed by atoms with Crippen molar-refractivity contribution in [2.24, 2.45) is 0 Å². The van der Waals surface area contributed by atoms with Gasteiger partial charge in [-0.2, -0.15) is 0 Å². The number of carbonyl (C=O) groups excluding carboxylic acids is 2. The molecule has 0 spiro atoms. The molecule has 1 unspecified atom stereocenters. The molecule has 0 bridgehead atoms. The van der Waals surface area contributed by atoms with Crippen LogP contribution in [0.4, 0.5) is 11.4 Å². The van der Waals surface area contributed by atoms with E-state index in [1.54, 1.807) is 18.2 Å². The lowest BCUT2D eigenvalue weighted by molar-refractivity contribution is -0.383. The SMILES string of the molecule is Cc1ccc(C(=O)Cl)s1.O=CN1CC(CCl)c2c1cc([N+](=O)[O-])c1ccccc21. The maximum Gasteiger partial charge on any atom is 0.279 e. The maximum atomic E-state index is 11.2. The Kier molecular flexibility index (Phi) is 6.52. The van der Waals surface area contributed by atoms with Crippen LogP contribution in [-0.2, 0) is 4.79 Å². The molecule has 1 aliphatic rings. The molecular weight excluding hydrogens is 435 g/mol. The number of halogens is 2. The number of hydrogen-bond donors (Lipinski definition) is 0. The van der Waals surface area contributed by atoms with Crippen molar-refractivity contribution in [3.05, 3.63) is 67.9 Å². The summed E-state index contributed by atoms with van der Waals surface area (Å²) in [6, 6.07) is 12.2. The fourth-order valence-corrected chi connectivity index (χ4v) is 4.50. The number of fused-ring (bicyclic) bond motifs is 3. The average molecular weight is 451 g/mol. The molecule has 1 aliphatic heterocycles. The molecular formula is C20H16Cl2N2O4S. The number of alkyl halides is 1. The monoisotopic (exact) mass is 450 g/mol. The normalized spacial score (nSPS) is 14.9. The molecule has 1 amide bonds. The molecule has 0 N–H and O–H groups in total. The second-order valence-electron chi connectivity index (χ2n) is 6.42. The lowest BCUT2D eigenvalue weighted by Gasteiger charge is -2.11. The van der Waals surface area contributed by atoms with Crippen LogP contribution in [0.5, 0.6) is 0 Å². The molecule has 4 rings (SSSR count). The van der Waals surface area contributed by atoms with E-state index in [1.165, 1.54) is 22.3 Å². The standard InChI is InChI=1S/C14H11ClN2O3.C6H5ClOS/c15-6-9-7-16(8-18)13-5-12(17(19)20)10-3-1-2-4-11(10)14(9)13;1-4-2-3-5(9-4)6(7)8/h1-5,8-9H,6-7H2;2-3H,1H3. The Hall–Kier alpha value is -2.48. The summed E-state index contributed by atoms with van der Waals surface area (Å²) in [7, 11) is 0. The quantitative estimate of drug-likeness (QED) is 0.173. The first kappa shape index (κ1) is 21.2. The molecule has 0 radical (unpaired) electrons. The minimum Gasteiger partial charge on any atom is -0.314 e. The number of carbonyl (C=O) groups is 2. The van der Waals surface area contributed by atoms with E-state index in [2.05, 4.69) is 0 Å². The van der Waals surface area contributed by atoms with E-state index >= 15 is 0 Å².